The summed E-state index contributed by atoms with van der Waals surface area (Å²) < 4.78 is 27.1. The van der Waals surface area contributed by atoms with Crippen LogP contribution in [0.1, 0.15) is 62.2 Å². The Kier molecular flexibility index (Phi) is 9.65. The number of fused-ring (bicyclic) bond motifs is 1. The van der Waals surface area contributed by atoms with E-state index in [1.165, 1.54) is 30.1 Å². The van der Waals surface area contributed by atoms with Crippen molar-refractivity contribution in [3.05, 3.63) is 59.4 Å². The molecule has 0 N–H and O–H groups in total. The number of likely N-dealkylation sites (tertiary alicyclic amines) is 1. The topological polar surface area (TPSA) is 100 Å². The van der Waals surface area contributed by atoms with Crippen molar-refractivity contribution in [2.24, 2.45) is 5.92 Å². The zero-order chi connectivity index (χ0) is 32.4. The molecule has 246 valence electrons. The Labute approximate surface area is 270 Å². The molecule has 1 unspecified atom stereocenters. The normalized spacial score (nSPS) is 18.6. The summed E-state index contributed by atoms with van der Waals surface area (Å²) in [6.07, 6.45) is 5.82. The molecule has 11 nitrogen and oxygen atoms in total. The van der Waals surface area contributed by atoms with Crippen LogP contribution in [-0.4, -0.2) is 105 Å². The lowest BCUT2D eigenvalue weighted by Gasteiger charge is -2.45. The van der Waals surface area contributed by atoms with Gasteiger partial charge in [-0.05, 0) is 64.9 Å². The SMILES string of the molecule is CCN(C(=O)c1cc(F)ccc1Oc1nncnc1N1CCC(Oc2ccnc3c2CN(C(C)C2CN(C)C2)CC3)CC1)C(C)C. The lowest BCUT2D eigenvalue weighted by Crippen LogP contribution is -2.54. The van der Waals surface area contributed by atoms with Crippen molar-refractivity contribution < 1.29 is 18.7 Å². The van der Waals surface area contributed by atoms with Crippen LogP contribution in [0.2, 0.25) is 0 Å². The monoisotopic (exact) mass is 632 g/mol. The summed E-state index contributed by atoms with van der Waals surface area (Å²) in [6.45, 7) is 14.2. The summed E-state index contributed by atoms with van der Waals surface area (Å²) >= 11 is 0. The van der Waals surface area contributed by atoms with E-state index >= 15 is 0 Å². The maximum atomic E-state index is 14.3. The van der Waals surface area contributed by atoms with Crippen molar-refractivity contribution >= 4 is 11.7 Å². The van der Waals surface area contributed by atoms with E-state index in [9.17, 15) is 9.18 Å². The standard InChI is InChI=1S/C34H45FN8O3/c1-6-43(22(2)3)34(44)27-17-25(35)7-8-30(27)46-33-32(37-21-38-39-33)41-14-10-26(11-15-41)45-31-9-13-36-29-12-16-42(20-28(29)31)23(4)24-18-40(5)19-24/h7-9,13,17,21-24,26H,6,10-12,14-16,18-20H2,1-5H3. The van der Waals surface area contributed by atoms with Gasteiger partial charge in [0.05, 0.1) is 5.56 Å². The largest absolute Gasteiger partial charge is 0.490 e. The van der Waals surface area contributed by atoms with Crippen LogP contribution in [0.4, 0.5) is 10.2 Å². The fraction of sp³-hybridized carbons (Fsp3) is 0.559. The van der Waals surface area contributed by atoms with Crippen molar-refractivity contribution in [3.63, 3.8) is 0 Å². The van der Waals surface area contributed by atoms with Gasteiger partial charge in [0.1, 0.15) is 29.7 Å². The lowest BCUT2D eigenvalue weighted by molar-refractivity contribution is 0.0374. The molecule has 6 rings (SSSR count). The highest BCUT2D eigenvalue weighted by Crippen LogP contribution is 2.35. The summed E-state index contributed by atoms with van der Waals surface area (Å²) in [7, 11) is 2.18. The van der Waals surface area contributed by atoms with Gasteiger partial charge in [0, 0.05) is 94.6 Å². The summed E-state index contributed by atoms with van der Waals surface area (Å²) in [5, 5.41) is 8.16. The fourth-order valence-corrected chi connectivity index (χ4v) is 6.91. The number of hydrogen-bond acceptors (Lipinski definition) is 10. The van der Waals surface area contributed by atoms with Crippen LogP contribution in [-0.2, 0) is 13.0 Å². The molecule has 3 aromatic rings. The molecule has 3 aliphatic heterocycles. The Bertz CT molecular complexity index is 1530. The predicted octanol–water partition coefficient (Wildman–Crippen LogP) is 4.42. The van der Waals surface area contributed by atoms with Gasteiger partial charge in [-0.1, -0.05) is 0 Å². The van der Waals surface area contributed by atoms with E-state index in [4.69, 9.17) is 14.5 Å². The van der Waals surface area contributed by atoms with Crippen molar-refractivity contribution in [3.8, 4) is 17.4 Å². The first-order chi connectivity index (χ1) is 22.2. The number of ether oxygens (including phenoxy) is 2. The quantitative estimate of drug-likeness (QED) is 0.319. The summed E-state index contributed by atoms with van der Waals surface area (Å²) in [5.41, 5.74) is 2.50. The first-order valence-electron chi connectivity index (χ1n) is 16.5. The van der Waals surface area contributed by atoms with Crippen LogP contribution in [0, 0.1) is 11.7 Å². The summed E-state index contributed by atoms with van der Waals surface area (Å²) in [5.74, 6) is 1.74. The third-order valence-corrected chi connectivity index (χ3v) is 9.66. The second kappa shape index (κ2) is 13.8. The maximum Gasteiger partial charge on any atom is 0.282 e. The molecule has 46 heavy (non-hydrogen) atoms. The molecule has 1 atom stereocenters. The Morgan fingerprint density at radius 3 is 2.59 bits per heavy atom. The Morgan fingerprint density at radius 1 is 1.09 bits per heavy atom. The van der Waals surface area contributed by atoms with Gasteiger partial charge in [0.15, 0.2) is 5.82 Å². The molecule has 0 radical (unpaired) electrons. The molecule has 3 aliphatic rings. The number of pyridine rings is 1. The van der Waals surface area contributed by atoms with E-state index in [0.717, 1.165) is 56.9 Å². The van der Waals surface area contributed by atoms with Crippen LogP contribution < -0.4 is 14.4 Å². The van der Waals surface area contributed by atoms with E-state index < -0.39 is 5.82 Å². The van der Waals surface area contributed by atoms with Crippen molar-refractivity contribution in [2.45, 2.75) is 71.7 Å². The Morgan fingerprint density at radius 2 is 1.87 bits per heavy atom. The summed E-state index contributed by atoms with van der Waals surface area (Å²) in [6, 6.07) is 6.42. The molecule has 5 heterocycles. The molecule has 1 amide bonds. The third kappa shape index (κ3) is 6.78. The van der Waals surface area contributed by atoms with E-state index in [-0.39, 0.29) is 35.2 Å². The molecular weight excluding hydrogens is 587 g/mol. The number of benzene rings is 1. The van der Waals surface area contributed by atoms with Gasteiger partial charge in [-0.3, -0.25) is 14.7 Å². The highest BCUT2D eigenvalue weighted by Gasteiger charge is 2.35. The molecule has 2 aromatic heterocycles. The van der Waals surface area contributed by atoms with Crippen molar-refractivity contribution in [1.29, 1.82) is 0 Å². The number of halogens is 1. The van der Waals surface area contributed by atoms with Gasteiger partial charge in [-0.15, -0.1) is 10.2 Å². The smallest absolute Gasteiger partial charge is 0.282 e. The Balaban J connectivity index is 1.12. The zero-order valence-electron chi connectivity index (χ0n) is 27.5. The molecule has 0 aliphatic carbocycles. The average molecular weight is 633 g/mol. The number of anilines is 1. The van der Waals surface area contributed by atoms with Crippen LogP contribution in [0.25, 0.3) is 0 Å². The average Bonchev–Trinajstić information content (AvgIpc) is 3.04. The van der Waals surface area contributed by atoms with Gasteiger partial charge in [-0.2, -0.15) is 0 Å². The van der Waals surface area contributed by atoms with E-state index in [0.29, 0.717) is 37.4 Å². The number of piperidine rings is 1. The van der Waals surface area contributed by atoms with E-state index in [2.05, 4.69) is 43.9 Å². The molecule has 2 saturated heterocycles. The number of carbonyl (C=O) groups is 1. The molecule has 12 heteroatoms. The van der Waals surface area contributed by atoms with Crippen molar-refractivity contribution in [2.75, 3.05) is 51.2 Å². The molecule has 0 spiro atoms. The second-order valence-electron chi connectivity index (χ2n) is 13.0. The number of rotatable bonds is 10. The highest BCUT2D eigenvalue weighted by atomic mass is 19.1. The molecular formula is C34H45FN8O3. The van der Waals surface area contributed by atoms with Gasteiger partial charge in [0.25, 0.3) is 11.8 Å². The second-order valence-corrected chi connectivity index (χ2v) is 13.0. The van der Waals surface area contributed by atoms with Crippen molar-refractivity contribution in [1.82, 2.24) is 34.9 Å². The Hall–Kier alpha value is -3.90. The van der Waals surface area contributed by atoms with Crippen LogP contribution >= 0.6 is 0 Å². The van der Waals surface area contributed by atoms with Gasteiger partial charge in [0.2, 0.25) is 0 Å². The first kappa shape index (κ1) is 32.1. The summed E-state index contributed by atoms with van der Waals surface area (Å²) in [4.78, 5) is 31.3. The minimum absolute atomic E-state index is 0.0485. The first-order valence-corrected chi connectivity index (χ1v) is 16.5. The van der Waals surface area contributed by atoms with Crippen LogP contribution in [0.3, 0.4) is 0 Å². The molecule has 0 saturated carbocycles. The van der Waals surface area contributed by atoms with E-state index in [1.54, 1.807) is 4.90 Å². The highest BCUT2D eigenvalue weighted by molar-refractivity contribution is 5.97. The lowest BCUT2D eigenvalue weighted by atomic mass is 9.90. The predicted molar refractivity (Wildman–Crippen MR) is 173 cm³/mol. The molecule has 1 aromatic carbocycles. The number of nitrogens with zero attached hydrogens (tertiary/aromatic N) is 8. The number of hydrogen-bond donors (Lipinski definition) is 0. The number of aromatic nitrogens is 4. The minimum Gasteiger partial charge on any atom is -0.490 e. The van der Waals surface area contributed by atoms with Crippen LogP contribution in [0.5, 0.6) is 17.4 Å². The van der Waals surface area contributed by atoms with Crippen LogP contribution in [0.15, 0.2) is 36.8 Å². The van der Waals surface area contributed by atoms with E-state index in [1.807, 2.05) is 33.0 Å². The van der Waals surface area contributed by atoms with Gasteiger partial charge in [-0.25, -0.2) is 9.37 Å². The number of amides is 1. The van der Waals surface area contributed by atoms with Gasteiger partial charge >= 0.3 is 0 Å². The molecule has 0 bridgehead atoms. The fourth-order valence-electron chi connectivity index (χ4n) is 6.91. The minimum atomic E-state index is -0.515. The zero-order valence-corrected chi connectivity index (χ0v) is 27.5. The number of carbonyl (C=O) groups excluding carboxylic acids is 1. The third-order valence-electron chi connectivity index (χ3n) is 9.66. The van der Waals surface area contributed by atoms with Gasteiger partial charge < -0.3 is 24.2 Å². The maximum absolute atomic E-state index is 14.3. The molecule has 2 fully saturated rings.